The van der Waals surface area contributed by atoms with Gasteiger partial charge in [0.2, 0.25) is 5.91 Å². The van der Waals surface area contributed by atoms with E-state index in [2.05, 4.69) is 43.3 Å². The average Bonchev–Trinajstić information content (AvgIpc) is 2.79. The van der Waals surface area contributed by atoms with Crippen LogP contribution >= 0.6 is 39.1 Å². The van der Waals surface area contributed by atoms with Crippen LogP contribution in [0.4, 0.5) is 0 Å². The number of hydrogen-bond donors (Lipinski definition) is 1. The van der Waals surface area contributed by atoms with Crippen molar-refractivity contribution in [3.8, 4) is 22.6 Å². The summed E-state index contributed by atoms with van der Waals surface area (Å²) < 4.78 is 6.90. The van der Waals surface area contributed by atoms with Crippen LogP contribution in [0, 0.1) is 5.92 Å². The lowest BCUT2D eigenvalue weighted by Crippen LogP contribution is -2.37. The highest BCUT2D eigenvalue weighted by Gasteiger charge is 2.20. The topological polar surface area (TPSA) is 54.5 Å². The summed E-state index contributed by atoms with van der Waals surface area (Å²) in [7, 11) is 0. The highest BCUT2D eigenvalue weighted by Crippen LogP contribution is 2.33. The zero-order valence-electron chi connectivity index (χ0n) is 18.9. The second kappa shape index (κ2) is 11.5. The number of carbonyl (C=O) groups excluding carboxylic acids is 1. The van der Waals surface area contributed by atoms with Gasteiger partial charge in [0.25, 0.3) is 0 Å². The van der Waals surface area contributed by atoms with Gasteiger partial charge in [0.15, 0.2) is 0 Å². The summed E-state index contributed by atoms with van der Waals surface area (Å²) in [6.07, 6.45) is 3.82. The standard InChI is InChI=1S/C26H26BrCl2N3O2/c1-17(33)30-14-18-4-6-32(7-5-18)16-19-8-20(21-10-22(28)13-23(29)11-21)12-25(9-19)34-24-2-3-26(27)31-15-24/h2-3,8-13,15,18H,4-7,14,16H2,1H3,(H,30,33). The van der Waals surface area contributed by atoms with Gasteiger partial charge >= 0.3 is 0 Å². The molecule has 34 heavy (non-hydrogen) atoms. The molecule has 0 radical (unpaired) electrons. The van der Waals surface area contributed by atoms with E-state index in [1.807, 2.05) is 30.3 Å². The highest BCUT2D eigenvalue weighted by atomic mass is 79.9. The number of likely N-dealkylation sites (tertiary alicyclic amines) is 1. The molecule has 178 valence electrons. The maximum Gasteiger partial charge on any atom is 0.216 e. The minimum atomic E-state index is 0.0360. The zero-order chi connectivity index (χ0) is 24.1. The Morgan fingerprint density at radius 3 is 2.41 bits per heavy atom. The normalized spacial score (nSPS) is 14.7. The third kappa shape index (κ3) is 7.19. The number of carbonyl (C=O) groups is 1. The Labute approximate surface area is 218 Å². The molecular formula is C26H26BrCl2N3O2. The Kier molecular flexibility index (Phi) is 8.48. The van der Waals surface area contributed by atoms with Gasteiger partial charge < -0.3 is 10.1 Å². The van der Waals surface area contributed by atoms with Crippen molar-refractivity contribution in [3.63, 3.8) is 0 Å². The molecule has 0 saturated carbocycles. The quantitative estimate of drug-likeness (QED) is 0.316. The molecule has 1 amide bonds. The molecule has 5 nitrogen and oxygen atoms in total. The van der Waals surface area contributed by atoms with Gasteiger partial charge in [-0.1, -0.05) is 23.2 Å². The van der Waals surface area contributed by atoms with Gasteiger partial charge in [0.05, 0.1) is 6.20 Å². The predicted molar refractivity (Wildman–Crippen MR) is 141 cm³/mol. The fourth-order valence-electron chi connectivity index (χ4n) is 4.15. The number of aromatic nitrogens is 1. The van der Waals surface area contributed by atoms with Crippen molar-refractivity contribution in [1.82, 2.24) is 15.2 Å². The molecule has 8 heteroatoms. The van der Waals surface area contributed by atoms with Crippen molar-refractivity contribution in [2.24, 2.45) is 5.92 Å². The van der Waals surface area contributed by atoms with E-state index in [1.54, 1.807) is 19.2 Å². The molecule has 4 rings (SSSR count). The van der Waals surface area contributed by atoms with Crippen LogP contribution in [0.3, 0.4) is 0 Å². The number of pyridine rings is 1. The predicted octanol–water partition coefficient (Wildman–Crippen LogP) is 6.96. The number of benzene rings is 2. The summed E-state index contributed by atoms with van der Waals surface area (Å²) in [5.74, 6) is 1.96. The second-order valence-corrected chi connectivity index (χ2v) is 10.3. The van der Waals surface area contributed by atoms with E-state index in [-0.39, 0.29) is 5.91 Å². The molecule has 0 unspecified atom stereocenters. The van der Waals surface area contributed by atoms with Crippen molar-refractivity contribution >= 4 is 45.0 Å². The Bertz CT molecular complexity index is 1130. The lowest BCUT2D eigenvalue weighted by Gasteiger charge is -2.32. The van der Waals surface area contributed by atoms with Crippen LogP contribution in [-0.4, -0.2) is 35.4 Å². The molecular weight excluding hydrogens is 537 g/mol. The van der Waals surface area contributed by atoms with E-state index in [1.165, 1.54) is 0 Å². The van der Waals surface area contributed by atoms with E-state index in [9.17, 15) is 4.79 Å². The second-order valence-electron chi connectivity index (χ2n) is 8.60. The SMILES string of the molecule is CC(=O)NCC1CCN(Cc2cc(Oc3ccc(Br)nc3)cc(-c3cc(Cl)cc(Cl)c3)c2)CC1. The number of piperidine rings is 1. The van der Waals surface area contributed by atoms with E-state index >= 15 is 0 Å². The summed E-state index contributed by atoms with van der Waals surface area (Å²) in [6.45, 7) is 5.12. The lowest BCUT2D eigenvalue weighted by molar-refractivity contribution is -0.119. The van der Waals surface area contributed by atoms with Gasteiger partial charge in [0, 0.05) is 30.1 Å². The summed E-state index contributed by atoms with van der Waals surface area (Å²) in [4.78, 5) is 17.9. The monoisotopic (exact) mass is 561 g/mol. The first-order valence-corrected chi connectivity index (χ1v) is 12.8. The van der Waals surface area contributed by atoms with Crippen LogP contribution in [0.15, 0.2) is 59.3 Å². The van der Waals surface area contributed by atoms with Gasteiger partial charge in [-0.2, -0.15) is 0 Å². The van der Waals surface area contributed by atoms with Crippen molar-refractivity contribution in [3.05, 3.63) is 74.9 Å². The van der Waals surface area contributed by atoms with Gasteiger partial charge in [0.1, 0.15) is 16.1 Å². The summed E-state index contributed by atoms with van der Waals surface area (Å²) in [5, 5.41) is 4.13. The molecule has 1 saturated heterocycles. The van der Waals surface area contributed by atoms with Crippen LogP contribution in [0.5, 0.6) is 11.5 Å². The van der Waals surface area contributed by atoms with Crippen LogP contribution < -0.4 is 10.1 Å². The average molecular weight is 563 g/mol. The van der Waals surface area contributed by atoms with Crippen molar-refractivity contribution in [2.75, 3.05) is 19.6 Å². The number of halogens is 3. The molecule has 0 atom stereocenters. The molecule has 0 bridgehead atoms. The highest BCUT2D eigenvalue weighted by molar-refractivity contribution is 9.10. The van der Waals surface area contributed by atoms with Gasteiger partial charge in [-0.05, 0) is 113 Å². The molecule has 1 fully saturated rings. The van der Waals surface area contributed by atoms with Crippen LogP contribution in [0.25, 0.3) is 11.1 Å². The summed E-state index contributed by atoms with van der Waals surface area (Å²) in [6, 6.07) is 15.5. The van der Waals surface area contributed by atoms with Gasteiger partial charge in [-0.25, -0.2) is 4.98 Å². The fraction of sp³-hybridized carbons (Fsp3) is 0.308. The first-order valence-electron chi connectivity index (χ1n) is 11.2. The third-order valence-corrected chi connectivity index (χ3v) is 6.76. The number of rotatable bonds is 7. The van der Waals surface area contributed by atoms with E-state index in [4.69, 9.17) is 27.9 Å². The van der Waals surface area contributed by atoms with Crippen LogP contribution in [0.1, 0.15) is 25.3 Å². The van der Waals surface area contributed by atoms with E-state index in [0.29, 0.717) is 21.7 Å². The van der Waals surface area contributed by atoms with Gasteiger partial charge in [-0.15, -0.1) is 0 Å². The Morgan fingerprint density at radius 1 is 1.06 bits per heavy atom. The lowest BCUT2D eigenvalue weighted by atomic mass is 9.96. The van der Waals surface area contributed by atoms with E-state index < -0.39 is 0 Å². The first kappa shape index (κ1) is 25.0. The summed E-state index contributed by atoms with van der Waals surface area (Å²) >= 11 is 15.9. The smallest absolute Gasteiger partial charge is 0.216 e. The molecule has 3 aromatic rings. The largest absolute Gasteiger partial charge is 0.456 e. The van der Waals surface area contributed by atoms with Crippen molar-refractivity contribution in [1.29, 1.82) is 0 Å². The number of nitrogens with one attached hydrogen (secondary N) is 1. The van der Waals surface area contributed by atoms with E-state index in [0.717, 1.165) is 66.1 Å². The molecule has 1 aromatic heterocycles. The molecule has 2 heterocycles. The Morgan fingerprint density at radius 2 is 1.76 bits per heavy atom. The minimum absolute atomic E-state index is 0.0360. The fourth-order valence-corrected chi connectivity index (χ4v) is 4.91. The minimum Gasteiger partial charge on any atom is -0.456 e. The molecule has 1 aliphatic rings. The number of hydrogen-bond acceptors (Lipinski definition) is 4. The number of nitrogens with zero attached hydrogens (tertiary/aromatic N) is 2. The maximum atomic E-state index is 11.2. The maximum absolute atomic E-state index is 11.2. The van der Waals surface area contributed by atoms with Crippen LogP contribution in [-0.2, 0) is 11.3 Å². The summed E-state index contributed by atoms with van der Waals surface area (Å²) in [5.41, 5.74) is 3.07. The Hall–Kier alpha value is -2.12. The third-order valence-electron chi connectivity index (χ3n) is 5.85. The van der Waals surface area contributed by atoms with Gasteiger partial charge in [-0.3, -0.25) is 9.69 Å². The molecule has 2 aromatic carbocycles. The first-order chi connectivity index (χ1) is 16.3. The van der Waals surface area contributed by atoms with Crippen molar-refractivity contribution < 1.29 is 9.53 Å². The molecule has 1 N–H and O–H groups in total. The van der Waals surface area contributed by atoms with Crippen LogP contribution in [0.2, 0.25) is 10.0 Å². The number of ether oxygens (including phenoxy) is 1. The molecule has 0 aliphatic carbocycles. The van der Waals surface area contributed by atoms with Crippen molar-refractivity contribution in [2.45, 2.75) is 26.3 Å². The molecule has 0 spiro atoms. The molecule has 1 aliphatic heterocycles. The zero-order valence-corrected chi connectivity index (χ0v) is 22.0. The number of amides is 1. The Balaban J connectivity index is 1.54.